The molecule has 0 atom stereocenters. The quantitative estimate of drug-likeness (QED) is 0.734. The number of hydrogen-bond donors (Lipinski definition) is 0. The first-order chi connectivity index (χ1) is 8.19. The number of imidazole rings is 1. The molecule has 0 aliphatic rings. The van der Waals surface area contributed by atoms with Gasteiger partial charge in [-0.25, -0.2) is 4.98 Å². The Bertz CT molecular complexity index is 501. The van der Waals surface area contributed by atoms with Crippen LogP contribution in [0.5, 0.6) is 0 Å². The van der Waals surface area contributed by atoms with E-state index in [1.54, 1.807) is 12.3 Å². The molecule has 0 radical (unpaired) electrons. The Kier molecular flexibility index (Phi) is 3.39. The minimum absolute atomic E-state index is 0.366. The van der Waals surface area contributed by atoms with Crippen molar-refractivity contribution in [3.63, 3.8) is 0 Å². The number of aromatic nitrogens is 2. The highest BCUT2D eigenvalue weighted by molar-refractivity contribution is 5.70. The van der Waals surface area contributed by atoms with Crippen molar-refractivity contribution in [2.75, 3.05) is 7.05 Å². The summed E-state index contributed by atoms with van der Waals surface area (Å²) in [5.74, 6) is 2.14. The molecule has 90 valence electrons. The molecule has 0 fully saturated rings. The zero-order chi connectivity index (χ0) is 12.3. The fourth-order valence-electron chi connectivity index (χ4n) is 1.66. The first-order valence-corrected chi connectivity index (χ1v) is 5.37. The van der Waals surface area contributed by atoms with Gasteiger partial charge in [-0.1, -0.05) is 0 Å². The third-order valence-corrected chi connectivity index (χ3v) is 2.56. The SMILES string of the molecule is CN(Cc1ccc(C=O)o1)Cc1nccn1C. The van der Waals surface area contributed by atoms with Crippen LogP contribution in [-0.2, 0) is 20.1 Å². The van der Waals surface area contributed by atoms with Gasteiger partial charge < -0.3 is 8.98 Å². The largest absolute Gasteiger partial charge is 0.457 e. The topological polar surface area (TPSA) is 51.3 Å². The molecule has 17 heavy (non-hydrogen) atoms. The Morgan fingerprint density at radius 2 is 2.29 bits per heavy atom. The van der Waals surface area contributed by atoms with Crippen molar-refractivity contribution < 1.29 is 9.21 Å². The zero-order valence-corrected chi connectivity index (χ0v) is 9.96. The molecule has 5 nitrogen and oxygen atoms in total. The summed E-state index contributed by atoms with van der Waals surface area (Å²) in [4.78, 5) is 16.8. The van der Waals surface area contributed by atoms with Crippen LogP contribution < -0.4 is 0 Å². The van der Waals surface area contributed by atoms with E-state index in [0.29, 0.717) is 18.6 Å². The lowest BCUT2D eigenvalue weighted by atomic mass is 10.4. The number of furan rings is 1. The van der Waals surface area contributed by atoms with E-state index in [-0.39, 0.29) is 0 Å². The van der Waals surface area contributed by atoms with Crippen molar-refractivity contribution in [2.24, 2.45) is 7.05 Å². The van der Waals surface area contributed by atoms with Crippen LogP contribution in [0, 0.1) is 0 Å². The maximum atomic E-state index is 10.5. The van der Waals surface area contributed by atoms with Gasteiger partial charge in [0.25, 0.3) is 0 Å². The van der Waals surface area contributed by atoms with Gasteiger partial charge in [-0.05, 0) is 19.2 Å². The monoisotopic (exact) mass is 233 g/mol. The third kappa shape index (κ3) is 2.82. The Labute approximate surface area is 99.7 Å². The second kappa shape index (κ2) is 4.97. The summed E-state index contributed by atoms with van der Waals surface area (Å²) in [6, 6.07) is 3.50. The summed E-state index contributed by atoms with van der Waals surface area (Å²) in [6.07, 6.45) is 4.41. The molecule has 0 aromatic carbocycles. The van der Waals surface area contributed by atoms with Crippen molar-refractivity contribution in [1.82, 2.24) is 14.5 Å². The maximum Gasteiger partial charge on any atom is 0.185 e. The minimum Gasteiger partial charge on any atom is -0.457 e. The first-order valence-electron chi connectivity index (χ1n) is 5.37. The van der Waals surface area contributed by atoms with Crippen LogP contribution in [0.3, 0.4) is 0 Å². The summed E-state index contributed by atoms with van der Waals surface area (Å²) in [6.45, 7) is 1.39. The summed E-state index contributed by atoms with van der Waals surface area (Å²) >= 11 is 0. The van der Waals surface area contributed by atoms with Gasteiger partial charge in [-0.2, -0.15) is 0 Å². The molecule has 0 amide bonds. The molecular weight excluding hydrogens is 218 g/mol. The zero-order valence-electron chi connectivity index (χ0n) is 9.96. The van der Waals surface area contributed by atoms with E-state index in [1.807, 2.05) is 30.9 Å². The van der Waals surface area contributed by atoms with E-state index in [0.717, 1.165) is 18.1 Å². The number of aryl methyl sites for hydroxylation is 1. The highest BCUT2D eigenvalue weighted by Crippen LogP contribution is 2.09. The van der Waals surface area contributed by atoms with Gasteiger partial charge in [0.15, 0.2) is 12.0 Å². The van der Waals surface area contributed by atoms with Gasteiger partial charge in [-0.15, -0.1) is 0 Å². The highest BCUT2D eigenvalue weighted by atomic mass is 16.3. The standard InChI is InChI=1S/C12H15N3O2/c1-14(8-12-13-5-6-15(12)2)7-10-3-4-11(9-16)17-10/h3-6,9H,7-8H2,1-2H3. The molecule has 0 spiro atoms. The summed E-state index contributed by atoms with van der Waals surface area (Å²) in [5.41, 5.74) is 0. The van der Waals surface area contributed by atoms with Crippen molar-refractivity contribution >= 4 is 6.29 Å². The van der Waals surface area contributed by atoms with E-state index in [2.05, 4.69) is 9.88 Å². The smallest absolute Gasteiger partial charge is 0.185 e. The Hall–Kier alpha value is -1.88. The van der Waals surface area contributed by atoms with Gasteiger partial charge in [0.2, 0.25) is 0 Å². The van der Waals surface area contributed by atoms with Crippen molar-refractivity contribution in [3.8, 4) is 0 Å². The fraction of sp³-hybridized carbons (Fsp3) is 0.333. The second-order valence-corrected chi connectivity index (χ2v) is 4.05. The molecule has 0 saturated carbocycles. The van der Waals surface area contributed by atoms with Crippen LogP contribution in [0.25, 0.3) is 0 Å². The van der Waals surface area contributed by atoms with Gasteiger partial charge in [0.05, 0.1) is 13.1 Å². The Balaban J connectivity index is 1.95. The molecular formula is C12H15N3O2. The summed E-state index contributed by atoms with van der Waals surface area (Å²) in [7, 11) is 3.95. The molecule has 2 heterocycles. The van der Waals surface area contributed by atoms with E-state index < -0.39 is 0 Å². The van der Waals surface area contributed by atoms with Gasteiger partial charge in [0, 0.05) is 19.4 Å². The number of carbonyl (C=O) groups excluding carboxylic acids is 1. The molecule has 0 bridgehead atoms. The fourth-order valence-corrected chi connectivity index (χ4v) is 1.66. The Morgan fingerprint density at radius 1 is 1.47 bits per heavy atom. The minimum atomic E-state index is 0.366. The van der Waals surface area contributed by atoms with Crippen LogP contribution in [-0.4, -0.2) is 27.8 Å². The number of hydrogen-bond acceptors (Lipinski definition) is 4. The normalized spacial score (nSPS) is 11.0. The number of nitrogens with zero attached hydrogens (tertiary/aromatic N) is 3. The van der Waals surface area contributed by atoms with E-state index in [1.165, 1.54) is 0 Å². The van der Waals surface area contributed by atoms with Crippen molar-refractivity contribution in [2.45, 2.75) is 13.1 Å². The number of rotatable bonds is 5. The molecule has 0 N–H and O–H groups in total. The van der Waals surface area contributed by atoms with Gasteiger partial charge >= 0.3 is 0 Å². The van der Waals surface area contributed by atoms with Gasteiger partial charge in [0.1, 0.15) is 11.6 Å². The lowest BCUT2D eigenvalue weighted by Gasteiger charge is -2.14. The molecule has 0 aliphatic carbocycles. The van der Waals surface area contributed by atoms with E-state index in [4.69, 9.17) is 4.42 Å². The molecule has 0 unspecified atom stereocenters. The Morgan fingerprint density at radius 3 is 2.88 bits per heavy atom. The molecule has 2 aromatic heterocycles. The van der Waals surface area contributed by atoms with Gasteiger partial charge in [-0.3, -0.25) is 9.69 Å². The highest BCUT2D eigenvalue weighted by Gasteiger charge is 2.08. The average molecular weight is 233 g/mol. The summed E-state index contributed by atoms with van der Waals surface area (Å²) in [5, 5.41) is 0. The molecule has 0 aliphatic heterocycles. The predicted molar refractivity (Wildman–Crippen MR) is 62.5 cm³/mol. The third-order valence-electron chi connectivity index (χ3n) is 2.56. The first kappa shape index (κ1) is 11.6. The van der Waals surface area contributed by atoms with Crippen molar-refractivity contribution in [1.29, 1.82) is 0 Å². The number of aldehydes is 1. The van der Waals surface area contributed by atoms with E-state index >= 15 is 0 Å². The molecule has 2 rings (SSSR count). The molecule has 5 heteroatoms. The average Bonchev–Trinajstić information content (AvgIpc) is 2.89. The van der Waals surface area contributed by atoms with Crippen LogP contribution in [0.4, 0.5) is 0 Å². The lowest BCUT2D eigenvalue weighted by molar-refractivity contribution is 0.109. The molecule has 2 aromatic rings. The predicted octanol–water partition coefficient (Wildman–Crippen LogP) is 1.46. The van der Waals surface area contributed by atoms with Crippen molar-refractivity contribution in [3.05, 3.63) is 41.9 Å². The van der Waals surface area contributed by atoms with Crippen LogP contribution in [0.15, 0.2) is 28.9 Å². The lowest BCUT2D eigenvalue weighted by Crippen LogP contribution is -2.19. The molecule has 0 saturated heterocycles. The number of carbonyl (C=O) groups is 1. The van der Waals surface area contributed by atoms with Crippen LogP contribution >= 0.6 is 0 Å². The maximum absolute atomic E-state index is 10.5. The second-order valence-electron chi connectivity index (χ2n) is 4.05. The van der Waals surface area contributed by atoms with Crippen LogP contribution in [0.2, 0.25) is 0 Å². The van der Waals surface area contributed by atoms with Crippen LogP contribution in [0.1, 0.15) is 22.1 Å². The summed E-state index contributed by atoms with van der Waals surface area (Å²) < 4.78 is 7.30. The van der Waals surface area contributed by atoms with E-state index in [9.17, 15) is 4.79 Å².